The molecule has 25 heavy (non-hydrogen) atoms. The summed E-state index contributed by atoms with van der Waals surface area (Å²) in [5, 5.41) is 9.08. The van der Waals surface area contributed by atoms with Crippen LogP contribution in [0.1, 0.15) is 55.3 Å². The number of hydrogen-bond acceptors (Lipinski definition) is 5. The average Bonchev–Trinajstić information content (AvgIpc) is 3.13. The van der Waals surface area contributed by atoms with E-state index in [1.807, 2.05) is 0 Å². The zero-order chi connectivity index (χ0) is 17.9. The Kier molecular flexibility index (Phi) is 8.55. The molecule has 0 aromatic heterocycles. The van der Waals surface area contributed by atoms with E-state index in [2.05, 4.69) is 0 Å². The van der Waals surface area contributed by atoms with Gasteiger partial charge in [-0.2, -0.15) is 0 Å². The van der Waals surface area contributed by atoms with Gasteiger partial charge >= 0.3 is 5.97 Å². The maximum Gasteiger partial charge on any atom is 0.335 e. The van der Waals surface area contributed by atoms with E-state index in [0.717, 1.165) is 38.9 Å². The largest absolute Gasteiger partial charge is 0.497 e. The third kappa shape index (κ3) is 7.32. The van der Waals surface area contributed by atoms with Crippen LogP contribution in [-0.2, 0) is 9.47 Å². The Balaban J connectivity index is 1.53. The molecule has 1 aromatic carbocycles. The van der Waals surface area contributed by atoms with Crippen LogP contribution in [-0.4, -0.2) is 44.3 Å². The van der Waals surface area contributed by atoms with Crippen molar-refractivity contribution in [1.29, 1.82) is 0 Å². The fourth-order valence-corrected chi connectivity index (χ4v) is 2.78. The number of carboxylic acid groups (broad SMARTS) is 1. The van der Waals surface area contributed by atoms with Crippen molar-refractivity contribution in [2.45, 2.75) is 51.2 Å². The molecule has 2 rings (SSSR count). The van der Waals surface area contributed by atoms with Crippen LogP contribution >= 0.6 is 0 Å². The SMILES string of the molecule is COc1cc(OCCCCCCCCC2OCCO2)cc(C(=O)O)c1. The summed E-state index contributed by atoms with van der Waals surface area (Å²) in [6.07, 6.45) is 7.78. The normalized spacial score (nSPS) is 14.6. The van der Waals surface area contributed by atoms with Crippen molar-refractivity contribution in [2.24, 2.45) is 0 Å². The van der Waals surface area contributed by atoms with Crippen molar-refractivity contribution in [1.82, 2.24) is 0 Å². The fourth-order valence-electron chi connectivity index (χ4n) is 2.78. The Hall–Kier alpha value is -1.79. The first-order chi connectivity index (χ1) is 12.2. The van der Waals surface area contributed by atoms with Crippen molar-refractivity contribution in [2.75, 3.05) is 26.9 Å². The first kappa shape index (κ1) is 19.5. The molecule has 140 valence electrons. The molecule has 0 bridgehead atoms. The molecule has 1 heterocycles. The average molecular weight is 352 g/mol. The van der Waals surface area contributed by atoms with Crippen LogP contribution in [0.5, 0.6) is 11.5 Å². The second-order valence-electron chi connectivity index (χ2n) is 6.13. The summed E-state index contributed by atoms with van der Waals surface area (Å²) in [5.74, 6) is 0.0376. The number of benzene rings is 1. The number of carboxylic acids is 1. The lowest BCUT2D eigenvalue weighted by Gasteiger charge is -2.10. The highest BCUT2D eigenvalue weighted by molar-refractivity contribution is 5.88. The molecule has 0 radical (unpaired) electrons. The highest BCUT2D eigenvalue weighted by atomic mass is 16.7. The van der Waals surface area contributed by atoms with Gasteiger partial charge in [0.05, 0.1) is 32.5 Å². The third-order valence-corrected chi connectivity index (χ3v) is 4.16. The summed E-state index contributed by atoms with van der Waals surface area (Å²) in [6, 6.07) is 4.72. The molecule has 1 aliphatic heterocycles. The molecule has 6 nitrogen and oxygen atoms in total. The van der Waals surface area contributed by atoms with Crippen molar-refractivity contribution < 1.29 is 28.8 Å². The topological polar surface area (TPSA) is 74.2 Å². The van der Waals surface area contributed by atoms with Crippen LogP contribution in [0, 0.1) is 0 Å². The van der Waals surface area contributed by atoms with Gasteiger partial charge < -0.3 is 24.1 Å². The van der Waals surface area contributed by atoms with Gasteiger partial charge in [-0.05, 0) is 31.4 Å². The number of hydrogen-bond donors (Lipinski definition) is 1. The monoisotopic (exact) mass is 352 g/mol. The molecule has 1 N–H and O–H groups in total. The zero-order valence-corrected chi connectivity index (χ0v) is 14.9. The molecule has 0 atom stereocenters. The summed E-state index contributed by atoms with van der Waals surface area (Å²) in [6.45, 7) is 2.04. The molecular weight excluding hydrogens is 324 g/mol. The van der Waals surface area contributed by atoms with E-state index in [9.17, 15) is 4.79 Å². The predicted molar refractivity (Wildman–Crippen MR) is 93.5 cm³/mol. The lowest BCUT2D eigenvalue weighted by molar-refractivity contribution is -0.0480. The molecule has 1 aliphatic rings. The molecular formula is C19H28O6. The van der Waals surface area contributed by atoms with E-state index in [-0.39, 0.29) is 11.9 Å². The van der Waals surface area contributed by atoms with E-state index < -0.39 is 5.97 Å². The van der Waals surface area contributed by atoms with Crippen LogP contribution < -0.4 is 9.47 Å². The van der Waals surface area contributed by atoms with Gasteiger partial charge in [0.25, 0.3) is 0 Å². The lowest BCUT2D eigenvalue weighted by atomic mass is 10.1. The van der Waals surface area contributed by atoms with Gasteiger partial charge in [-0.1, -0.05) is 25.7 Å². The Morgan fingerprint density at radius 1 is 1.04 bits per heavy atom. The first-order valence-electron chi connectivity index (χ1n) is 8.97. The standard InChI is InChI=1S/C19H28O6/c1-22-16-12-15(19(20)21)13-17(14-16)23-9-7-5-3-2-4-6-8-18-24-10-11-25-18/h12-14,18H,2-11H2,1H3,(H,20,21). The minimum absolute atomic E-state index is 0.0203. The van der Waals surface area contributed by atoms with E-state index in [0.29, 0.717) is 18.1 Å². The fraction of sp³-hybridized carbons (Fsp3) is 0.632. The number of aromatic carboxylic acids is 1. The van der Waals surface area contributed by atoms with Crippen LogP contribution in [0.2, 0.25) is 0 Å². The Bertz CT molecular complexity index is 525. The third-order valence-electron chi connectivity index (χ3n) is 4.16. The van der Waals surface area contributed by atoms with E-state index >= 15 is 0 Å². The second kappa shape index (κ2) is 10.9. The van der Waals surface area contributed by atoms with Gasteiger partial charge in [0.15, 0.2) is 6.29 Å². The van der Waals surface area contributed by atoms with Gasteiger partial charge in [0.2, 0.25) is 0 Å². The molecule has 1 fully saturated rings. The number of carbonyl (C=O) groups is 1. The van der Waals surface area contributed by atoms with Gasteiger partial charge in [0.1, 0.15) is 11.5 Å². The molecule has 1 aromatic rings. The zero-order valence-electron chi connectivity index (χ0n) is 14.9. The minimum Gasteiger partial charge on any atom is -0.497 e. The number of rotatable bonds is 12. The number of unbranched alkanes of at least 4 members (excludes halogenated alkanes) is 5. The van der Waals surface area contributed by atoms with Gasteiger partial charge in [-0.3, -0.25) is 0 Å². The Morgan fingerprint density at radius 2 is 1.68 bits per heavy atom. The summed E-state index contributed by atoms with van der Waals surface area (Å²) in [5.41, 5.74) is 0.171. The van der Waals surface area contributed by atoms with Crippen molar-refractivity contribution in [3.8, 4) is 11.5 Å². The maximum absolute atomic E-state index is 11.1. The van der Waals surface area contributed by atoms with E-state index in [1.54, 1.807) is 6.07 Å². The molecule has 0 spiro atoms. The summed E-state index contributed by atoms with van der Waals surface area (Å²) < 4.78 is 21.6. The Morgan fingerprint density at radius 3 is 2.36 bits per heavy atom. The summed E-state index contributed by atoms with van der Waals surface area (Å²) in [7, 11) is 1.51. The van der Waals surface area contributed by atoms with Crippen molar-refractivity contribution in [3.05, 3.63) is 23.8 Å². The molecule has 0 aliphatic carbocycles. The quantitative estimate of drug-likeness (QED) is 0.576. The lowest BCUT2D eigenvalue weighted by Crippen LogP contribution is -2.06. The van der Waals surface area contributed by atoms with E-state index in [4.69, 9.17) is 24.1 Å². The molecule has 0 amide bonds. The maximum atomic E-state index is 11.1. The predicted octanol–water partition coefficient (Wildman–Crippen LogP) is 3.88. The van der Waals surface area contributed by atoms with Crippen LogP contribution in [0.3, 0.4) is 0 Å². The second-order valence-corrected chi connectivity index (χ2v) is 6.13. The van der Waals surface area contributed by atoms with E-state index in [1.165, 1.54) is 38.5 Å². The summed E-state index contributed by atoms with van der Waals surface area (Å²) in [4.78, 5) is 11.1. The first-order valence-corrected chi connectivity index (χ1v) is 8.97. The van der Waals surface area contributed by atoms with Crippen molar-refractivity contribution >= 4 is 5.97 Å². The highest BCUT2D eigenvalue weighted by Gasteiger charge is 2.14. The molecule has 6 heteroatoms. The van der Waals surface area contributed by atoms with Gasteiger partial charge in [0, 0.05) is 6.07 Å². The van der Waals surface area contributed by atoms with Gasteiger partial charge in [-0.15, -0.1) is 0 Å². The number of ether oxygens (including phenoxy) is 4. The number of methoxy groups -OCH3 is 1. The minimum atomic E-state index is -0.989. The highest BCUT2D eigenvalue weighted by Crippen LogP contribution is 2.23. The molecule has 1 saturated heterocycles. The molecule has 0 unspecified atom stereocenters. The van der Waals surface area contributed by atoms with Crippen LogP contribution in [0.15, 0.2) is 18.2 Å². The summed E-state index contributed by atoms with van der Waals surface area (Å²) >= 11 is 0. The van der Waals surface area contributed by atoms with Crippen LogP contribution in [0.25, 0.3) is 0 Å². The van der Waals surface area contributed by atoms with Crippen LogP contribution in [0.4, 0.5) is 0 Å². The Labute approximate surface area is 149 Å². The smallest absolute Gasteiger partial charge is 0.335 e. The van der Waals surface area contributed by atoms with Crippen molar-refractivity contribution in [3.63, 3.8) is 0 Å². The molecule has 0 saturated carbocycles. The van der Waals surface area contributed by atoms with Gasteiger partial charge in [-0.25, -0.2) is 4.79 Å².